The molecule has 0 aliphatic rings. The molecule has 20 heavy (non-hydrogen) atoms. The Bertz CT molecular complexity index is 608. The molecule has 0 aliphatic heterocycles. The van der Waals surface area contributed by atoms with Gasteiger partial charge in [0.2, 0.25) is 0 Å². The third-order valence-corrected chi connectivity index (χ3v) is 6.39. The lowest BCUT2D eigenvalue weighted by Crippen LogP contribution is -1.97. The predicted molar refractivity (Wildman–Crippen MR) is 91.7 cm³/mol. The summed E-state index contributed by atoms with van der Waals surface area (Å²) in [5.74, 6) is 1.35. The van der Waals surface area contributed by atoms with Gasteiger partial charge in [-0.25, -0.2) is 0 Å². The van der Waals surface area contributed by atoms with Crippen molar-refractivity contribution < 1.29 is 9.47 Å². The first kappa shape index (κ1) is 16.1. The van der Waals surface area contributed by atoms with Crippen molar-refractivity contribution in [1.29, 1.82) is 0 Å². The van der Waals surface area contributed by atoms with Crippen LogP contribution in [0.2, 0.25) is 0 Å². The Hall–Kier alpha value is -0.230. The van der Waals surface area contributed by atoms with Crippen LogP contribution in [0.3, 0.4) is 0 Å². The summed E-state index contributed by atoms with van der Waals surface area (Å²) < 4.78 is 12.6. The lowest BCUT2D eigenvalue weighted by molar-refractivity contribution is 0.354. The van der Waals surface area contributed by atoms with Crippen molar-refractivity contribution in [2.45, 2.75) is 12.3 Å². The van der Waals surface area contributed by atoms with Gasteiger partial charge >= 0.3 is 0 Å². The first-order chi connectivity index (χ1) is 9.47. The smallest absolute Gasteiger partial charge is 0.161 e. The van der Waals surface area contributed by atoms with Gasteiger partial charge < -0.3 is 9.47 Å². The van der Waals surface area contributed by atoms with E-state index < -0.39 is 0 Å². The van der Waals surface area contributed by atoms with Gasteiger partial charge in [-0.3, -0.25) is 0 Å². The molecule has 6 heteroatoms. The minimum atomic E-state index is -0.237. The van der Waals surface area contributed by atoms with Crippen molar-refractivity contribution in [2.24, 2.45) is 0 Å². The molecule has 0 saturated carbocycles. The Labute approximate surface area is 144 Å². The zero-order valence-electron chi connectivity index (χ0n) is 11.2. The first-order valence-electron chi connectivity index (χ1n) is 5.79. The molecule has 1 heterocycles. The SMILES string of the molecule is COc1cc(Br)c(C(Cl)c2cc(C)c(Br)s2)cc1OC. The normalized spacial score (nSPS) is 12.3. The third kappa shape index (κ3) is 3.16. The maximum atomic E-state index is 6.61. The molecule has 2 aromatic rings. The zero-order valence-corrected chi connectivity index (χ0v) is 15.9. The number of alkyl halides is 1. The first-order valence-corrected chi connectivity index (χ1v) is 8.63. The third-order valence-electron chi connectivity index (χ3n) is 2.90. The Morgan fingerprint density at radius 3 is 2.20 bits per heavy atom. The number of aryl methyl sites for hydroxylation is 1. The summed E-state index contributed by atoms with van der Waals surface area (Å²) in [6.45, 7) is 2.05. The minimum Gasteiger partial charge on any atom is -0.493 e. The summed E-state index contributed by atoms with van der Waals surface area (Å²) in [6, 6.07) is 5.87. The van der Waals surface area contributed by atoms with Gasteiger partial charge in [-0.2, -0.15) is 0 Å². The van der Waals surface area contributed by atoms with Crippen LogP contribution in [0.25, 0.3) is 0 Å². The molecular weight excluding hydrogens is 427 g/mol. The fourth-order valence-electron chi connectivity index (χ4n) is 1.83. The second-order valence-electron chi connectivity index (χ2n) is 4.20. The van der Waals surface area contributed by atoms with E-state index >= 15 is 0 Å². The molecule has 0 aliphatic carbocycles. The highest BCUT2D eigenvalue weighted by Gasteiger charge is 2.20. The van der Waals surface area contributed by atoms with Crippen LogP contribution in [-0.4, -0.2) is 14.2 Å². The second kappa shape index (κ2) is 6.69. The Morgan fingerprint density at radius 1 is 1.10 bits per heavy atom. The lowest BCUT2D eigenvalue weighted by atomic mass is 10.1. The molecule has 2 rings (SSSR count). The van der Waals surface area contributed by atoms with Crippen molar-refractivity contribution in [2.75, 3.05) is 14.2 Å². The molecule has 0 spiro atoms. The fourth-order valence-corrected chi connectivity index (χ4v) is 4.45. The Kier molecular flexibility index (Phi) is 5.40. The molecule has 2 nitrogen and oxygen atoms in total. The summed E-state index contributed by atoms with van der Waals surface area (Å²) in [4.78, 5) is 1.09. The molecule has 0 N–H and O–H groups in total. The topological polar surface area (TPSA) is 18.5 Å². The van der Waals surface area contributed by atoms with E-state index in [9.17, 15) is 0 Å². The molecule has 1 aromatic heterocycles. The maximum Gasteiger partial charge on any atom is 0.161 e. The van der Waals surface area contributed by atoms with Gasteiger partial charge in [0, 0.05) is 9.35 Å². The maximum absolute atomic E-state index is 6.61. The highest BCUT2D eigenvalue weighted by atomic mass is 79.9. The van der Waals surface area contributed by atoms with Gasteiger partial charge in [0.05, 0.1) is 23.4 Å². The van der Waals surface area contributed by atoms with E-state index in [2.05, 4.69) is 44.8 Å². The Morgan fingerprint density at radius 2 is 1.70 bits per heavy atom. The van der Waals surface area contributed by atoms with Crippen molar-refractivity contribution in [3.63, 3.8) is 0 Å². The van der Waals surface area contributed by atoms with Crippen LogP contribution >= 0.6 is 54.8 Å². The summed E-state index contributed by atoms with van der Waals surface area (Å²) in [5.41, 5.74) is 2.14. The van der Waals surface area contributed by atoms with E-state index in [1.807, 2.05) is 12.1 Å². The van der Waals surface area contributed by atoms with Crippen LogP contribution in [0, 0.1) is 6.92 Å². The van der Waals surface area contributed by atoms with Gasteiger partial charge in [0.1, 0.15) is 0 Å². The average Bonchev–Trinajstić information content (AvgIpc) is 2.77. The number of halogens is 3. The fraction of sp³-hybridized carbons (Fsp3) is 0.286. The molecule has 1 atom stereocenters. The van der Waals surface area contributed by atoms with Gasteiger partial charge in [-0.15, -0.1) is 22.9 Å². The predicted octanol–water partition coefficient (Wildman–Crippen LogP) is 5.93. The standard InChI is InChI=1S/C14H13Br2ClO2S/c1-7-4-12(20-14(7)16)13(17)8-5-10(18-2)11(19-3)6-9(8)15/h4-6,13H,1-3H3. The molecule has 1 unspecified atom stereocenters. The van der Waals surface area contributed by atoms with Crippen LogP contribution in [-0.2, 0) is 0 Å². The van der Waals surface area contributed by atoms with Gasteiger partial charge in [-0.1, -0.05) is 15.9 Å². The molecular formula is C14H13Br2ClO2S. The van der Waals surface area contributed by atoms with Crippen LogP contribution in [0.5, 0.6) is 11.5 Å². The Balaban J connectivity index is 2.46. The van der Waals surface area contributed by atoms with E-state index in [0.717, 1.165) is 18.7 Å². The summed E-state index contributed by atoms with van der Waals surface area (Å²) >= 11 is 15.3. The van der Waals surface area contributed by atoms with Crippen LogP contribution in [0.4, 0.5) is 0 Å². The van der Waals surface area contributed by atoms with E-state index in [4.69, 9.17) is 21.1 Å². The van der Waals surface area contributed by atoms with Crippen molar-refractivity contribution in [3.8, 4) is 11.5 Å². The number of methoxy groups -OCH3 is 2. The van der Waals surface area contributed by atoms with Crippen LogP contribution in [0.15, 0.2) is 26.5 Å². The van der Waals surface area contributed by atoms with Crippen molar-refractivity contribution >= 4 is 54.8 Å². The minimum absolute atomic E-state index is 0.237. The van der Waals surface area contributed by atoms with Crippen LogP contribution in [0.1, 0.15) is 21.4 Å². The van der Waals surface area contributed by atoms with E-state index in [0.29, 0.717) is 11.5 Å². The second-order valence-corrected chi connectivity index (χ2v) is 7.89. The number of hydrogen-bond donors (Lipinski definition) is 0. The highest BCUT2D eigenvalue weighted by Crippen LogP contribution is 2.43. The number of rotatable bonds is 4. The number of hydrogen-bond acceptors (Lipinski definition) is 3. The zero-order chi connectivity index (χ0) is 14.9. The molecule has 108 valence electrons. The molecule has 0 saturated heterocycles. The molecule has 0 bridgehead atoms. The number of ether oxygens (including phenoxy) is 2. The highest BCUT2D eigenvalue weighted by molar-refractivity contribution is 9.11. The molecule has 1 aromatic carbocycles. The van der Waals surface area contributed by atoms with Gasteiger partial charge in [0.25, 0.3) is 0 Å². The number of benzene rings is 1. The average molecular weight is 441 g/mol. The lowest BCUT2D eigenvalue weighted by Gasteiger charge is -2.14. The molecule has 0 amide bonds. The van der Waals surface area contributed by atoms with Crippen molar-refractivity contribution in [3.05, 3.63) is 42.5 Å². The van der Waals surface area contributed by atoms with Gasteiger partial charge in [-0.05, 0) is 52.2 Å². The van der Waals surface area contributed by atoms with E-state index in [1.54, 1.807) is 25.6 Å². The van der Waals surface area contributed by atoms with E-state index in [-0.39, 0.29) is 5.38 Å². The largest absolute Gasteiger partial charge is 0.493 e. The summed E-state index contributed by atoms with van der Waals surface area (Å²) in [6.07, 6.45) is 0. The number of thiophene rings is 1. The van der Waals surface area contributed by atoms with E-state index in [1.165, 1.54) is 5.56 Å². The summed E-state index contributed by atoms with van der Waals surface area (Å²) in [7, 11) is 3.23. The van der Waals surface area contributed by atoms with Crippen LogP contribution < -0.4 is 9.47 Å². The molecule has 0 fully saturated rings. The van der Waals surface area contributed by atoms with Crippen molar-refractivity contribution in [1.82, 2.24) is 0 Å². The summed E-state index contributed by atoms with van der Waals surface area (Å²) in [5, 5.41) is -0.237. The quantitative estimate of drug-likeness (QED) is 0.549. The molecule has 0 radical (unpaired) electrons. The monoisotopic (exact) mass is 438 g/mol. The van der Waals surface area contributed by atoms with Gasteiger partial charge in [0.15, 0.2) is 11.5 Å².